The minimum absolute atomic E-state index is 0.122. The summed E-state index contributed by atoms with van der Waals surface area (Å²) in [7, 11) is 0. The summed E-state index contributed by atoms with van der Waals surface area (Å²) in [6.07, 6.45) is 3.36. The van der Waals surface area contributed by atoms with E-state index in [2.05, 4.69) is 43.5 Å². The molecule has 0 radical (unpaired) electrons. The fraction of sp³-hybridized carbons (Fsp3) is 0.533. The van der Waals surface area contributed by atoms with Gasteiger partial charge in [-0.15, -0.1) is 0 Å². The first-order chi connectivity index (χ1) is 8.63. The van der Waals surface area contributed by atoms with Crippen LogP contribution in [0, 0.1) is 0 Å². The molecule has 1 rings (SSSR count). The van der Waals surface area contributed by atoms with Gasteiger partial charge in [0.05, 0.1) is 0 Å². The molecule has 0 atom stereocenters. The normalized spacial score (nSPS) is 10.4. The summed E-state index contributed by atoms with van der Waals surface area (Å²) in [4.78, 5) is 11.6. The molecule has 0 saturated carbocycles. The van der Waals surface area contributed by atoms with Gasteiger partial charge in [-0.05, 0) is 30.0 Å². The van der Waals surface area contributed by atoms with Crippen molar-refractivity contribution in [2.75, 3.05) is 11.9 Å². The van der Waals surface area contributed by atoms with Gasteiger partial charge in [0.25, 0.3) is 0 Å². The summed E-state index contributed by atoms with van der Waals surface area (Å²) < 4.78 is 0. The first-order valence-electron chi connectivity index (χ1n) is 6.78. The Hall–Kier alpha value is -1.51. The Morgan fingerprint density at radius 3 is 2.39 bits per heavy atom. The number of hydrogen-bond acceptors (Lipinski definition) is 1. The van der Waals surface area contributed by atoms with Crippen LogP contribution in [0.15, 0.2) is 24.3 Å². The second-order valence-corrected chi connectivity index (χ2v) is 4.86. The van der Waals surface area contributed by atoms with Gasteiger partial charge in [-0.1, -0.05) is 45.7 Å². The molecule has 2 N–H and O–H groups in total. The Labute approximate surface area is 110 Å². The highest BCUT2D eigenvalue weighted by molar-refractivity contribution is 5.89. The van der Waals surface area contributed by atoms with E-state index < -0.39 is 0 Å². The minimum Gasteiger partial charge on any atom is -0.338 e. The van der Waals surface area contributed by atoms with E-state index in [1.165, 1.54) is 12.0 Å². The largest absolute Gasteiger partial charge is 0.338 e. The zero-order valence-corrected chi connectivity index (χ0v) is 11.6. The van der Waals surface area contributed by atoms with Crippen LogP contribution in [0.25, 0.3) is 0 Å². The number of rotatable bonds is 6. The van der Waals surface area contributed by atoms with Crippen molar-refractivity contribution in [2.24, 2.45) is 0 Å². The van der Waals surface area contributed by atoms with Crippen molar-refractivity contribution < 1.29 is 4.79 Å². The molecule has 0 aliphatic heterocycles. The third-order valence-corrected chi connectivity index (χ3v) is 2.90. The Morgan fingerprint density at radius 1 is 1.17 bits per heavy atom. The summed E-state index contributed by atoms with van der Waals surface area (Å²) >= 11 is 0. The molecule has 3 nitrogen and oxygen atoms in total. The number of amides is 2. The van der Waals surface area contributed by atoms with Crippen LogP contribution in [0.1, 0.15) is 51.5 Å². The van der Waals surface area contributed by atoms with Gasteiger partial charge in [0.1, 0.15) is 0 Å². The van der Waals surface area contributed by atoms with E-state index in [0.717, 1.165) is 25.1 Å². The Kier molecular flexibility index (Phi) is 6.26. The molecule has 0 spiro atoms. The van der Waals surface area contributed by atoms with Crippen LogP contribution < -0.4 is 10.6 Å². The van der Waals surface area contributed by atoms with E-state index in [0.29, 0.717) is 5.92 Å². The van der Waals surface area contributed by atoms with Gasteiger partial charge in [0.15, 0.2) is 0 Å². The summed E-state index contributed by atoms with van der Waals surface area (Å²) in [6, 6.07) is 7.87. The van der Waals surface area contributed by atoms with Gasteiger partial charge in [-0.2, -0.15) is 0 Å². The number of nitrogens with one attached hydrogen (secondary N) is 2. The van der Waals surface area contributed by atoms with E-state index >= 15 is 0 Å². The maximum atomic E-state index is 11.6. The zero-order valence-electron chi connectivity index (χ0n) is 11.6. The molecular formula is C15H24N2O. The Bertz CT molecular complexity index is 357. The van der Waals surface area contributed by atoms with Crippen molar-refractivity contribution in [2.45, 2.75) is 46.0 Å². The summed E-state index contributed by atoms with van der Waals surface area (Å²) in [6.45, 7) is 7.20. The van der Waals surface area contributed by atoms with Crippen LogP contribution in [-0.4, -0.2) is 12.6 Å². The number of urea groups is 1. The number of anilines is 1. The van der Waals surface area contributed by atoms with Gasteiger partial charge in [0, 0.05) is 12.2 Å². The van der Waals surface area contributed by atoms with Crippen molar-refractivity contribution in [3.05, 3.63) is 29.8 Å². The lowest BCUT2D eigenvalue weighted by Crippen LogP contribution is -2.29. The second kappa shape index (κ2) is 7.75. The average Bonchev–Trinajstić information content (AvgIpc) is 2.35. The van der Waals surface area contributed by atoms with Crippen LogP contribution in [0.3, 0.4) is 0 Å². The molecule has 0 saturated heterocycles. The van der Waals surface area contributed by atoms with Crippen LogP contribution in [0.5, 0.6) is 0 Å². The highest BCUT2D eigenvalue weighted by Crippen LogP contribution is 2.16. The Balaban J connectivity index is 2.35. The van der Waals surface area contributed by atoms with E-state index in [-0.39, 0.29) is 6.03 Å². The topological polar surface area (TPSA) is 41.1 Å². The lowest BCUT2D eigenvalue weighted by atomic mass is 10.0. The fourth-order valence-corrected chi connectivity index (χ4v) is 1.70. The highest BCUT2D eigenvalue weighted by atomic mass is 16.2. The number of carbonyl (C=O) groups excluding carboxylic acids is 1. The van der Waals surface area contributed by atoms with Gasteiger partial charge < -0.3 is 10.6 Å². The molecule has 1 aromatic carbocycles. The van der Waals surface area contributed by atoms with E-state index in [4.69, 9.17) is 0 Å². The van der Waals surface area contributed by atoms with Crippen molar-refractivity contribution in [3.8, 4) is 0 Å². The van der Waals surface area contributed by atoms with Crippen molar-refractivity contribution in [1.29, 1.82) is 0 Å². The van der Waals surface area contributed by atoms with E-state index in [1.807, 2.05) is 12.1 Å². The fourth-order valence-electron chi connectivity index (χ4n) is 1.70. The van der Waals surface area contributed by atoms with Crippen LogP contribution >= 0.6 is 0 Å². The standard InChI is InChI=1S/C15H24N2O/c1-4-5-6-11-16-15(18)17-14-9-7-13(8-10-14)12(2)3/h7-10,12H,4-6,11H2,1-3H3,(H2,16,17,18). The van der Waals surface area contributed by atoms with Gasteiger partial charge in [-0.3, -0.25) is 0 Å². The smallest absolute Gasteiger partial charge is 0.319 e. The Morgan fingerprint density at radius 2 is 1.83 bits per heavy atom. The maximum absolute atomic E-state index is 11.6. The molecule has 0 heterocycles. The molecule has 0 unspecified atom stereocenters. The van der Waals surface area contributed by atoms with Crippen LogP contribution in [0.4, 0.5) is 10.5 Å². The number of unbranched alkanes of at least 4 members (excludes halogenated alkanes) is 2. The molecule has 18 heavy (non-hydrogen) atoms. The first kappa shape index (κ1) is 14.6. The molecule has 0 fully saturated rings. The van der Waals surface area contributed by atoms with Crippen molar-refractivity contribution in [3.63, 3.8) is 0 Å². The molecule has 1 aromatic rings. The second-order valence-electron chi connectivity index (χ2n) is 4.86. The quantitative estimate of drug-likeness (QED) is 0.730. The monoisotopic (exact) mass is 248 g/mol. The van der Waals surface area contributed by atoms with Crippen molar-refractivity contribution in [1.82, 2.24) is 5.32 Å². The average molecular weight is 248 g/mol. The molecule has 0 bridgehead atoms. The van der Waals surface area contributed by atoms with E-state index in [1.54, 1.807) is 0 Å². The molecular weight excluding hydrogens is 224 g/mol. The third kappa shape index (κ3) is 5.21. The van der Waals surface area contributed by atoms with Gasteiger partial charge >= 0.3 is 6.03 Å². The molecule has 3 heteroatoms. The predicted octanol–water partition coefficient (Wildman–Crippen LogP) is 4.12. The molecule has 0 aliphatic rings. The molecule has 100 valence electrons. The predicted molar refractivity (Wildman–Crippen MR) is 77.1 cm³/mol. The van der Waals surface area contributed by atoms with Crippen LogP contribution in [0.2, 0.25) is 0 Å². The first-order valence-corrected chi connectivity index (χ1v) is 6.78. The van der Waals surface area contributed by atoms with Gasteiger partial charge in [0.2, 0.25) is 0 Å². The molecule has 0 aliphatic carbocycles. The molecule has 2 amide bonds. The lowest BCUT2D eigenvalue weighted by Gasteiger charge is -2.09. The summed E-state index contributed by atoms with van der Waals surface area (Å²) in [5, 5.41) is 5.69. The van der Waals surface area contributed by atoms with E-state index in [9.17, 15) is 4.79 Å². The lowest BCUT2D eigenvalue weighted by molar-refractivity contribution is 0.252. The summed E-state index contributed by atoms with van der Waals surface area (Å²) in [5.74, 6) is 0.516. The zero-order chi connectivity index (χ0) is 13.4. The SMILES string of the molecule is CCCCCNC(=O)Nc1ccc(C(C)C)cc1. The highest BCUT2D eigenvalue weighted by Gasteiger charge is 2.02. The van der Waals surface area contributed by atoms with Gasteiger partial charge in [-0.25, -0.2) is 4.79 Å². The minimum atomic E-state index is -0.122. The maximum Gasteiger partial charge on any atom is 0.319 e. The van der Waals surface area contributed by atoms with Crippen molar-refractivity contribution >= 4 is 11.7 Å². The number of benzene rings is 1. The molecule has 0 aromatic heterocycles. The number of hydrogen-bond donors (Lipinski definition) is 2. The third-order valence-electron chi connectivity index (χ3n) is 2.90. The van der Waals surface area contributed by atoms with Crippen LogP contribution in [-0.2, 0) is 0 Å². The number of carbonyl (C=O) groups is 1. The summed E-state index contributed by atoms with van der Waals surface area (Å²) in [5.41, 5.74) is 2.12.